The molecule has 0 radical (unpaired) electrons. The van der Waals surface area contributed by atoms with Gasteiger partial charge in [-0.25, -0.2) is 0 Å². The maximum Gasteiger partial charge on any atom is 0.276 e. The van der Waals surface area contributed by atoms with Crippen molar-refractivity contribution in [2.24, 2.45) is 10.9 Å². The number of anilines is 1. The summed E-state index contributed by atoms with van der Waals surface area (Å²) in [5, 5.41) is 6.28. The highest BCUT2D eigenvalue weighted by atomic mass is 16.2. The molecule has 0 fully saturated rings. The predicted octanol–water partition coefficient (Wildman–Crippen LogP) is 1.97. The van der Waals surface area contributed by atoms with Crippen LogP contribution in [0.15, 0.2) is 53.6 Å². The van der Waals surface area contributed by atoms with E-state index in [1.54, 1.807) is 0 Å². The van der Waals surface area contributed by atoms with Crippen LogP contribution in [0.5, 0.6) is 0 Å². The molecule has 2 aromatic carbocycles. The van der Waals surface area contributed by atoms with Crippen molar-refractivity contribution in [2.75, 3.05) is 5.32 Å². The van der Waals surface area contributed by atoms with Crippen LogP contribution in [-0.2, 0) is 4.79 Å². The van der Waals surface area contributed by atoms with Crippen LogP contribution in [0.25, 0.3) is 11.1 Å². The summed E-state index contributed by atoms with van der Waals surface area (Å²) < 4.78 is 0. The minimum atomic E-state index is -0.252. The van der Waals surface area contributed by atoms with E-state index in [1.807, 2.05) is 48.5 Å². The fraction of sp³-hybridized carbons (Fsp3) is 0. The molecule has 4 nitrogen and oxygen atoms in total. The number of carbonyl (C=O) groups is 1. The van der Waals surface area contributed by atoms with Gasteiger partial charge < -0.3 is 11.2 Å². The normalized spacial score (nSPS) is 15.6. The molecule has 0 unspecified atom stereocenters. The first-order valence-corrected chi connectivity index (χ1v) is 5.58. The smallest absolute Gasteiger partial charge is 0.276 e. The molecule has 3 rings (SSSR count). The van der Waals surface area contributed by atoms with Gasteiger partial charge in [0.2, 0.25) is 0 Å². The average Bonchev–Trinajstić information content (AvgIpc) is 2.74. The van der Waals surface area contributed by atoms with Crippen molar-refractivity contribution < 1.29 is 4.79 Å². The van der Waals surface area contributed by atoms with Gasteiger partial charge in [-0.15, -0.1) is 0 Å². The van der Waals surface area contributed by atoms with E-state index in [9.17, 15) is 4.79 Å². The molecule has 1 aliphatic rings. The molecular weight excluding hydrogens is 226 g/mol. The summed E-state index contributed by atoms with van der Waals surface area (Å²) in [6.45, 7) is 0. The summed E-state index contributed by atoms with van der Waals surface area (Å²) in [4.78, 5) is 11.6. The van der Waals surface area contributed by atoms with Crippen molar-refractivity contribution in [3.05, 3.63) is 54.1 Å². The number of nitrogens with zero attached hydrogens (tertiary/aromatic N) is 1. The Hall–Kier alpha value is -2.62. The minimum absolute atomic E-state index is 0.252. The lowest BCUT2D eigenvalue weighted by atomic mass is 10.0. The van der Waals surface area contributed by atoms with E-state index in [0.29, 0.717) is 0 Å². The number of hydrazone groups is 1. The standard InChI is InChI=1S/C14H11N3O/c15-17-13-11-8-10(9-4-2-1-3-5-9)6-7-12(11)16-14(13)18/h1-8H,15H2,(H,16,17,18). The third kappa shape index (κ3) is 1.55. The Morgan fingerprint density at radius 3 is 2.50 bits per heavy atom. The van der Waals surface area contributed by atoms with E-state index in [1.165, 1.54) is 0 Å². The van der Waals surface area contributed by atoms with Crippen LogP contribution in [-0.4, -0.2) is 11.6 Å². The number of carbonyl (C=O) groups excluding carboxylic acids is 1. The minimum Gasteiger partial charge on any atom is -0.322 e. The lowest BCUT2D eigenvalue weighted by Crippen LogP contribution is -2.15. The topological polar surface area (TPSA) is 67.5 Å². The molecule has 0 saturated carbocycles. The number of nitrogens with one attached hydrogen (secondary N) is 1. The maximum atomic E-state index is 11.6. The van der Waals surface area contributed by atoms with Crippen LogP contribution < -0.4 is 11.2 Å². The SMILES string of the molecule is N/N=C1\C(=O)Nc2ccc(-c3ccccc3)cc21. The van der Waals surface area contributed by atoms with Crippen LogP contribution in [0, 0.1) is 0 Å². The van der Waals surface area contributed by atoms with Gasteiger partial charge in [0, 0.05) is 5.56 Å². The van der Waals surface area contributed by atoms with Crippen molar-refractivity contribution in [2.45, 2.75) is 0 Å². The van der Waals surface area contributed by atoms with Crippen LogP contribution >= 0.6 is 0 Å². The predicted molar refractivity (Wildman–Crippen MR) is 71.2 cm³/mol. The molecule has 1 amide bonds. The second-order valence-electron chi connectivity index (χ2n) is 4.06. The van der Waals surface area contributed by atoms with Crippen LogP contribution in [0.3, 0.4) is 0 Å². The zero-order valence-electron chi connectivity index (χ0n) is 9.55. The maximum absolute atomic E-state index is 11.6. The van der Waals surface area contributed by atoms with Crippen molar-refractivity contribution >= 4 is 17.3 Å². The Balaban J connectivity index is 2.13. The highest BCUT2D eigenvalue weighted by molar-refractivity contribution is 6.53. The van der Waals surface area contributed by atoms with Gasteiger partial charge in [0.25, 0.3) is 5.91 Å². The molecule has 1 heterocycles. The monoisotopic (exact) mass is 237 g/mol. The molecule has 0 bridgehead atoms. The second kappa shape index (κ2) is 4.00. The van der Waals surface area contributed by atoms with Gasteiger partial charge in [-0.1, -0.05) is 36.4 Å². The average molecular weight is 237 g/mol. The number of nitrogens with two attached hydrogens (primary N) is 1. The van der Waals surface area contributed by atoms with Crippen molar-refractivity contribution in [1.29, 1.82) is 0 Å². The van der Waals surface area contributed by atoms with Crippen molar-refractivity contribution in [3.8, 4) is 11.1 Å². The highest BCUT2D eigenvalue weighted by Crippen LogP contribution is 2.29. The van der Waals surface area contributed by atoms with E-state index in [4.69, 9.17) is 5.84 Å². The van der Waals surface area contributed by atoms with Crippen molar-refractivity contribution in [1.82, 2.24) is 0 Å². The number of amides is 1. The van der Waals surface area contributed by atoms with Crippen molar-refractivity contribution in [3.63, 3.8) is 0 Å². The Bertz CT molecular complexity index is 647. The molecule has 0 spiro atoms. The van der Waals surface area contributed by atoms with Gasteiger partial charge in [0.1, 0.15) is 0 Å². The van der Waals surface area contributed by atoms with Crippen LogP contribution in [0.1, 0.15) is 5.56 Å². The van der Waals surface area contributed by atoms with E-state index in [-0.39, 0.29) is 11.6 Å². The summed E-state index contributed by atoms with van der Waals surface area (Å²) >= 11 is 0. The summed E-state index contributed by atoms with van der Waals surface area (Å²) in [6, 6.07) is 15.7. The lowest BCUT2D eigenvalue weighted by Gasteiger charge is -2.04. The number of hydrogen-bond donors (Lipinski definition) is 2. The fourth-order valence-electron chi connectivity index (χ4n) is 2.09. The highest BCUT2D eigenvalue weighted by Gasteiger charge is 2.26. The fourth-order valence-corrected chi connectivity index (χ4v) is 2.09. The first kappa shape index (κ1) is 10.5. The zero-order chi connectivity index (χ0) is 12.5. The summed E-state index contributed by atoms with van der Waals surface area (Å²) in [6.07, 6.45) is 0. The van der Waals surface area contributed by atoms with E-state index in [0.717, 1.165) is 22.4 Å². The number of benzene rings is 2. The Kier molecular flexibility index (Phi) is 2.34. The second-order valence-corrected chi connectivity index (χ2v) is 4.06. The number of rotatable bonds is 1. The molecule has 88 valence electrons. The first-order chi connectivity index (χ1) is 8.79. The third-order valence-corrected chi connectivity index (χ3v) is 2.97. The largest absolute Gasteiger partial charge is 0.322 e. The van der Waals surface area contributed by atoms with Crippen LogP contribution in [0.2, 0.25) is 0 Å². The van der Waals surface area contributed by atoms with E-state index < -0.39 is 0 Å². The Morgan fingerprint density at radius 1 is 1.00 bits per heavy atom. The number of fused-ring (bicyclic) bond motifs is 1. The van der Waals surface area contributed by atoms with E-state index in [2.05, 4.69) is 10.4 Å². The molecule has 0 aliphatic carbocycles. The van der Waals surface area contributed by atoms with Gasteiger partial charge in [-0.2, -0.15) is 5.10 Å². The molecule has 3 N–H and O–H groups in total. The molecular formula is C14H11N3O. The van der Waals surface area contributed by atoms with Gasteiger partial charge in [-0.3, -0.25) is 4.79 Å². The van der Waals surface area contributed by atoms with E-state index >= 15 is 0 Å². The molecule has 4 heteroatoms. The molecule has 0 aromatic heterocycles. The lowest BCUT2D eigenvalue weighted by molar-refractivity contribution is -0.110. The molecule has 1 aliphatic heterocycles. The Labute approximate surface area is 104 Å². The zero-order valence-corrected chi connectivity index (χ0v) is 9.55. The van der Waals surface area contributed by atoms with Gasteiger partial charge in [0.15, 0.2) is 5.71 Å². The van der Waals surface area contributed by atoms with Gasteiger partial charge >= 0.3 is 0 Å². The molecule has 0 saturated heterocycles. The summed E-state index contributed by atoms with van der Waals surface area (Å²) in [5.74, 6) is 5.00. The van der Waals surface area contributed by atoms with Gasteiger partial charge in [-0.05, 0) is 23.3 Å². The summed E-state index contributed by atoms with van der Waals surface area (Å²) in [5.41, 5.74) is 3.92. The third-order valence-electron chi connectivity index (χ3n) is 2.97. The Morgan fingerprint density at radius 2 is 1.78 bits per heavy atom. The van der Waals surface area contributed by atoms with Gasteiger partial charge in [0.05, 0.1) is 5.69 Å². The van der Waals surface area contributed by atoms with Crippen LogP contribution in [0.4, 0.5) is 5.69 Å². The quantitative estimate of drug-likeness (QED) is 0.588. The molecule has 18 heavy (non-hydrogen) atoms. The molecule has 0 atom stereocenters. The molecule has 2 aromatic rings. The number of hydrogen-bond acceptors (Lipinski definition) is 3. The first-order valence-electron chi connectivity index (χ1n) is 5.58. The summed E-state index contributed by atoms with van der Waals surface area (Å²) in [7, 11) is 0.